The first-order chi connectivity index (χ1) is 9.99. The third kappa shape index (κ3) is 3.86. The summed E-state index contributed by atoms with van der Waals surface area (Å²) in [4.78, 5) is 2.53. The van der Waals surface area contributed by atoms with E-state index in [-0.39, 0.29) is 0 Å². The minimum Gasteiger partial charge on any atom is -0.299 e. The fourth-order valence-corrected chi connectivity index (χ4v) is 3.82. The number of hydrogen-bond donors (Lipinski definition) is 1. The Kier molecular flexibility index (Phi) is 4.04. The Morgan fingerprint density at radius 2 is 1.90 bits per heavy atom. The minimum absolute atomic E-state index is 0.622. The molecule has 2 bridgehead atoms. The number of anilines is 1. The van der Waals surface area contributed by atoms with Gasteiger partial charge in [0.1, 0.15) is 0 Å². The molecule has 0 unspecified atom stereocenters. The summed E-state index contributed by atoms with van der Waals surface area (Å²) in [5, 5.41) is 0. The number of rotatable bonds is 4. The van der Waals surface area contributed by atoms with Crippen LogP contribution < -0.4 is 4.72 Å². The van der Waals surface area contributed by atoms with Gasteiger partial charge in [-0.25, -0.2) is 8.42 Å². The lowest BCUT2D eigenvalue weighted by Gasteiger charge is -2.41. The van der Waals surface area contributed by atoms with Crippen LogP contribution in [0.25, 0.3) is 0 Å². The molecular weight excluding hydrogens is 284 g/mol. The SMILES string of the molecule is CS(=O)(=O)Nc1ccc(C/C=C2\CN3CCC2CC3)cc1. The molecule has 5 heteroatoms. The predicted octanol–water partition coefficient (Wildman–Crippen LogP) is 2.25. The van der Waals surface area contributed by atoms with Crippen LogP contribution in [0.5, 0.6) is 0 Å². The van der Waals surface area contributed by atoms with Gasteiger partial charge in [0.05, 0.1) is 6.26 Å². The second kappa shape index (κ2) is 5.81. The second-order valence-electron chi connectivity index (χ2n) is 6.10. The number of sulfonamides is 1. The van der Waals surface area contributed by atoms with Gasteiger partial charge >= 0.3 is 0 Å². The van der Waals surface area contributed by atoms with Crippen LogP contribution in [0.1, 0.15) is 18.4 Å². The van der Waals surface area contributed by atoms with E-state index in [2.05, 4.69) is 15.7 Å². The maximum absolute atomic E-state index is 11.2. The summed E-state index contributed by atoms with van der Waals surface area (Å²) in [6.07, 6.45) is 7.08. The van der Waals surface area contributed by atoms with Crippen LogP contribution in [-0.2, 0) is 16.4 Å². The summed E-state index contributed by atoms with van der Waals surface area (Å²) in [7, 11) is -3.19. The van der Waals surface area contributed by atoms with Crippen molar-refractivity contribution in [3.8, 4) is 0 Å². The first kappa shape index (κ1) is 14.6. The van der Waals surface area contributed by atoms with Gasteiger partial charge in [0.15, 0.2) is 0 Å². The molecule has 3 heterocycles. The lowest BCUT2D eigenvalue weighted by molar-refractivity contribution is 0.161. The standard InChI is InChI=1S/C16H22N2O2S/c1-21(19,20)17-16-6-3-13(4-7-16)2-5-15-12-18-10-8-14(15)9-11-18/h3-7,14,17H,2,8-12H2,1H3/b15-5+. The summed E-state index contributed by atoms with van der Waals surface area (Å²) in [6.45, 7) is 3.65. The fraction of sp³-hybridized carbons (Fsp3) is 0.500. The van der Waals surface area contributed by atoms with Gasteiger partial charge < -0.3 is 0 Å². The van der Waals surface area contributed by atoms with Gasteiger partial charge in [-0.2, -0.15) is 0 Å². The quantitative estimate of drug-likeness (QED) is 0.868. The minimum atomic E-state index is -3.19. The number of piperidine rings is 3. The van der Waals surface area contributed by atoms with Crippen LogP contribution in [0.3, 0.4) is 0 Å². The van der Waals surface area contributed by atoms with E-state index in [9.17, 15) is 8.42 Å². The van der Waals surface area contributed by atoms with Crippen molar-refractivity contribution in [1.29, 1.82) is 0 Å². The van der Waals surface area contributed by atoms with Crippen LogP contribution in [0, 0.1) is 5.92 Å². The Balaban J connectivity index is 1.63. The maximum atomic E-state index is 11.2. The Labute approximate surface area is 126 Å². The molecule has 3 aliphatic rings. The number of benzene rings is 1. The van der Waals surface area contributed by atoms with Crippen molar-refractivity contribution in [2.75, 3.05) is 30.6 Å². The van der Waals surface area contributed by atoms with Crippen molar-refractivity contribution < 1.29 is 8.42 Å². The second-order valence-corrected chi connectivity index (χ2v) is 7.85. The molecular formula is C16H22N2O2S. The van der Waals surface area contributed by atoms with Gasteiger partial charge in [-0.3, -0.25) is 9.62 Å². The summed E-state index contributed by atoms with van der Waals surface area (Å²) in [5.41, 5.74) is 3.43. The highest BCUT2D eigenvalue weighted by Crippen LogP contribution is 2.31. The molecule has 3 aliphatic heterocycles. The Morgan fingerprint density at radius 3 is 2.43 bits per heavy atom. The molecule has 1 aromatic rings. The number of fused-ring (bicyclic) bond motifs is 3. The third-order valence-electron chi connectivity index (χ3n) is 4.38. The van der Waals surface area contributed by atoms with E-state index >= 15 is 0 Å². The smallest absolute Gasteiger partial charge is 0.229 e. The summed E-state index contributed by atoms with van der Waals surface area (Å²) in [6, 6.07) is 7.63. The average molecular weight is 306 g/mol. The molecule has 21 heavy (non-hydrogen) atoms. The molecule has 0 aromatic heterocycles. The normalized spacial score (nSPS) is 27.0. The van der Waals surface area contributed by atoms with Crippen LogP contribution in [-0.4, -0.2) is 39.2 Å². The molecule has 3 saturated heterocycles. The van der Waals surface area contributed by atoms with Crippen LogP contribution >= 0.6 is 0 Å². The molecule has 1 N–H and O–H groups in total. The Hall–Kier alpha value is -1.33. The van der Waals surface area contributed by atoms with Gasteiger partial charge in [-0.05, 0) is 56.0 Å². The molecule has 4 nitrogen and oxygen atoms in total. The predicted molar refractivity (Wildman–Crippen MR) is 85.9 cm³/mol. The summed E-state index contributed by atoms with van der Waals surface area (Å²) < 4.78 is 24.8. The topological polar surface area (TPSA) is 49.4 Å². The molecule has 1 aromatic carbocycles. The van der Waals surface area contributed by atoms with Crippen molar-refractivity contribution >= 4 is 15.7 Å². The Morgan fingerprint density at radius 1 is 1.24 bits per heavy atom. The lowest BCUT2D eigenvalue weighted by Crippen LogP contribution is -2.43. The zero-order valence-corrected chi connectivity index (χ0v) is 13.2. The summed E-state index contributed by atoms with van der Waals surface area (Å²) >= 11 is 0. The number of hydrogen-bond acceptors (Lipinski definition) is 3. The van der Waals surface area contributed by atoms with E-state index < -0.39 is 10.0 Å². The van der Waals surface area contributed by atoms with Gasteiger partial charge in [-0.1, -0.05) is 23.8 Å². The van der Waals surface area contributed by atoms with Crippen molar-refractivity contribution in [2.45, 2.75) is 19.3 Å². The van der Waals surface area contributed by atoms with Gasteiger partial charge in [0, 0.05) is 12.2 Å². The molecule has 0 saturated carbocycles. The van der Waals surface area contributed by atoms with E-state index in [1.54, 1.807) is 5.57 Å². The van der Waals surface area contributed by atoms with Crippen molar-refractivity contribution in [3.63, 3.8) is 0 Å². The first-order valence-corrected chi connectivity index (χ1v) is 9.37. The molecule has 114 valence electrons. The van der Waals surface area contributed by atoms with Crippen molar-refractivity contribution in [2.24, 2.45) is 5.92 Å². The molecule has 4 rings (SSSR count). The monoisotopic (exact) mass is 306 g/mol. The van der Waals surface area contributed by atoms with E-state index in [1.165, 1.54) is 37.8 Å². The number of nitrogens with one attached hydrogen (secondary N) is 1. The zero-order chi connectivity index (χ0) is 14.9. The van der Waals surface area contributed by atoms with Crippen molar-refractivity contribution in [1.82, 2.24) is 4.90 Å². The highest BCUT2D eigenvalue weighted by molar-refractivity contribution is 7.92. The third-order valence-corrected chi connectivity index (χ3v) is 4.98. The molecule has 0 radical (unpaired) electrons. The molecule has 3 fully saturated rings. The maximum Gasteiger partial charge on any atom is 0.229 e. The van der Waals surface area contributed by atoms with E-state index in [0.29, 0.717) is 5.69 Å². The number of nitrogens with zero attached hydrogens (tertiary/aromatic N) is 1. The highest BCUT2D eigenvalue weighted by Gasteiger charge is 2.28. The molecule has 0 atom stereocenters. The fourth-order valence-electron chi connectivity index (χ4n) is 3.25. The molecule has 0 aliphatic carbocycles. The van der Waals surface area contributed by atoms with Crippen LogP contribution in [0.15, 0.2) is 35.9 Å². The zero-order valence-electron chi connectivity index (χ0n) is 12.4. The lowest BCUT2D eigenvalue weighted by atomic mass is 9.83. The molecule has 0 spiro atoms. The Bertz CT molecular complexity index is 627. The first-order valence-electron chi connectivity index (χ1n) is 7.47. The van der Waals surface area contributed by atoms with Crippen LogP contribution in [0.2, 0.25) is 0 Å². The van der Waals surface area contributed by atoms with Gasteiger partial charge in [0.2, 0.25) is 10.0 Å². The molecule has 0 amide bonds. The van der Waals surface area contributed by atoms with E-state index in [4.69, 9.17) is 0 Å². The van der Waals surface area contributed by atoms with E-state index in [1.807, 2.05) is 24.3 Å². The van der Waals surface area contributed by atoms with Crippen LogP contribution in [0.4, 0.5) is 5.69 Å². The summed E-state index contributed by atoms with van der Waals surface area (Å²) in [5.74, 6) is 0.793. The van der Waals surface area contributed by atoms with E-state index in [0.717, 1.165) is 18.9 Å². The highest BCUT2D eigenvalue weighted by atomic mass is 32.2. The van der Waals surface area contributed by atoms with Crippen molar-refractivity contribution in [3.05, 3.63) is 41.5 Å². The largest absolute Gasteiger partial charge is 0.299 e. The van der Waals surface area contributed by atoms with Gasteiger partial charge in [0.25, 0.3) is 0 Å². The average Bonchev–Trinajstić information content (AvgIpc) is 2.46. The number of allylic oxidation sites excluding steroid dienone is 1. The van der Waals surface area contributed by atoms with Gasteiger partial charge in [-0.15, -0.1) is 0 Å².